The van der Waals surface area contributed by atoms with Gasteiger partial charge in [0, 0.05) is 16.4 Å². The summed E-state index contributed by atoms with van der Waals surface area (Å²) in [6, 6.07) is 8.07. The summed E-state index contributed by atoms with van der Waals surface area (Å²) in [5.41, 5.74) is 3.35. The van der Waals surface area contributed by atoms with E-state index >= 15 is 0 Å². The predicted molar refractivity (Wildman–Crippen MR) is 148 cm³/mol. The summed E-state index contributed by atoms with van der Waals surface area (Å²) >= 11 is 0. The van der Waals surface area contributed by atoms with Gasteiger partial charge in [0.1, 0.15) is 22.8 Å². The van der Waals surface area contributed by atoms with Crippen LogP contribution in [0, 0.1) is 24.7 Å². The molecule has 0 unspecified atom stereocenters. The van der Waals surface area contributed by atoms with Gasteiger partial charge in [-0.1, -0.05) is 49.2 Å². The molecule has 1 fully saturated rings. The van der Waals surface area contributed by atoms with Gasteiger partial charge in [-0.05, 0) is 63.5 Å². The topological polar surface area (TPSA) is 161 Å². The number of hydrogen-bond donors (Lipinski definition) is 5. The van der Waals surface area contributed by atoms with Gasteiger partial charge >= 0.3 is 0 Å². The van der Waals surface area contributed by atoms with Crippen LogP contribution in [0.4, 0.5) is 0 Å². The molecule has 2 aromatic carbocycles. The number of ketones is 2. The van der Waals surface area contributed by atoms with Crippen LogP contribution >= 0.6 is 0 Å². The summed E-state index contributed by atoms with van der Waals surface area (Å²) in [6.07, 6.45) is 0.172. The van der Waals surface area contributed by atoms with Crippen molar-refractivity contribution in [2.75, 3.05) is 14.1 Å². The quantitative estimate of drug-likeness (QED) is 0.367. The summed E-state index contributed by atoms with van der Waals surface area (Å²) in [5.74, 6) is -4.98. The zero-order chi connectivity index (χ0) is 29.7. The van der Waals surface area contributed by atoms with E-state index in [1.54, 1.807) is 27.1 Å². The Labute approximate surface area is 232 Å². The van der Waals surface area contributed by atoms with E-state index in [1.807, 2.05) is 32.0 Å². The maximum atomic E-state index is 14.3. The Bertz CT molecular complexity index is 1580. The maximum absolute atomic E-state index is 14.3. The lowest BCUT2D eigenvalue weighted by Gasteiger charge is -2.59. The lowest BCUT2D eigenvalue weighted by atomic mass is 9.46. The molecule has 210 valence electrons. The van der Waals surface area contributed by atoms with Crippen molar-refractivity contribution < 1.29 is 34.8 Å². The zero-order valence-corrected chi connectivity index (χ0v) is 23.4. The molecule has 3 aliphatic rings. The van der Waals surface area contributed by atoms with Gasteiger partial charge in [-0.25, -0.2) is 0 Å². The van der Waals surface area contributed by atoms with Crippen LogP contribution in [0.2, 0.25) is 0 Å². The molecule has 0 heterocycles. The smallest absolute Gasteiger partial charge is 0.255 e. The van der Waals surface area contributed by atoms with E-state index in [0.29, 0.717) is 5.56 Å². The highest BCUT2D eigenvalue weighted by Crippen LogP contribution is 2.63. The fraction of sp³-hybridized carbons (Fsp3) is 0.387. The monoisotopic (exact) mass is 546 g/mol. The Morgan fingerprint density at radius 1 is 1.02 bits per heavy atom. The van der Waals surface area contributed by atoms with Gasteiger partial charge in [0.05, 0.1) is 11.6 Å². The molecular weight excluding hydrogens is 512 g/mol. The van der Waals surface area contributed by atoms with E-state index in [1.165, 1.54) is 17.9 Å². The van der Waals surface area contributed by atoms with Gasteiger partial charge in [-0.15, -0.1) is 0 Å². The second-order valence-corrected chi connectivity index (χ2v) is 12.3. The van der Waals surface area contributed by atoms with E-state index in [2.05, 4.69) is 0 Å². The third-order valence-corrected chi connectivity index (χ3v) is 9.05. The number of aryl methyl sites for hydroxylation is 2. The first kappa shape index (κ1) is 27.6. The number of phenolic OH excluding ortho intramolecular Hbond substituents is 1. The fourth-order valence-corrected chi connectivity index (χ4v) is 7.72. The molecule has 0 saturated heterocycles. The molecule has 0 bridgehead atoms. The van der Waals surface area contributed by atoms with Crippen LogP contribution < -0.4 is 5.73 Å². The number of carbonyl (C=O) groups excluding carboxylic acids is 3. The maximum Gasteiger partial charge on any atom is 0.255 e. The molecule has 2 aromatic rings. The van der Waals surface area contributed by atoms with E-state index in [4.69, 9.17) is 5.73 Å². The number of carbonyl (C=O) groups is 3. The number of likely N-dealkylation sites (N-methyl/N-ethyl adjacent to an activating group) is 1. The molecule has 0 spiro atoms. The summed E-state index contributed by atoms with van der Waals surface area (Å²) in [7, 11) is 3.16. The highest BCUT2D eigenvalue weighted by atomic mass is 16.3. The summed E-state index contributed by atoms with van der Waals surface area (Å²) in [5, 5.41) is 45.8. The summed E-state index contributed by atoms with van der Waals surface area (Å²) < 4.78 is 0. The molecule has 3 aliphatic carbocycles. The van der Waals surface area contributed by atoms with E-state index in [9.17, 15) is 34.8 Å². The predicted octanol–water partition coefficient (Wildman–Crippen LogP) is 3.03. The molecule has 5 rings (SSSR count). The Balaban J connectivity index is 1.83. The number of phenols is 1. The van der Waals surface area contributed by atoms with Crippen molar-refractivity contribution in [1.29, 1.82) is 0 Å². The number of amides is 1. The van der Waals surface area contributed by atoms with Crippen LogP contribution in [0.25, 0.3) is 16.9 Å². The molecule has 0 aromatic heterocycles. The SMILES string of the molecule is Cc1cc(C)cc(-c2ccc(O)c3c2C[C@@]2(C)C[C@@]4(C)[C@H](N(C)C)C(=O)C(C(N)=O)=C(O)[C@@]4(O)C(=O)C2=C3O)c1. The van der Waals surface area contributed by atoms with E-state index in [0.717, 1.165) is 22.3 Å². The standard InChI is InChI=1S/C31H34N2O7/c1-14-9-15(2)11-16(10-14)17-7-8-19(34)20-18(17)12-29(3)13-30(4)25(33(5)6)24(36)21(28(32)39)26(37)31(30,40)27(38)22(29)23(20)35/h7-11,25,34-35,37,40H,12-13H2,1-6H3,(H2,32,39)/t25-,29+,30+,31-/m1/s1. The van der Waals surface area contributed by atoms with Crippen molar-refractivity contribution in [3.63, 3.8) is 0 Å². The second kappa shape index (κ2) is 8.52. The van der Waals surface area contributed by atoms with Crippen LogP contribution in [-0.4, -0.2) is 68.5 Å². The molecule has 1 saturated carbocycles. The number of fused-ring (bicyclic) bond motifs is 3. The highest BCUT2D eigenvalue weighted by molar-refractivity contribution is 6.25. The molecule has 9 nitrogen and oxygen atoms in total. The van der Waals surface area contributed by atoms with E-state index in [-0.39, 0.29) is 29.7 Å². The molecular formula is C31H34N2O7. The third kappa shape index (κ3) is 3.37. The number of benzene rings is 2. The fourth-order valence-electron chi connectivity index (χ4n) is 7.72. The molecule has 1 amide bonds. The van der Waals surface area contributed by atoms with Crippen molar-refractivity contribution in [2.24, 2.45) is 16.6 Å². The van der Waals surface area contributed by atoms with Crippen LogP contribution in [-0.2, 0) is 20.8 Å². The molecule has 6 N–H and O–H groups in total. The number of aromatic hydroxyl groups is 1. The molecule has 9 heteroatoms. The first-order valence-electron chi connectivity index (χ1n) is 13.1. The number of Topliss-reactive ketones (excluding diaryl/α,β-unsaturated/α-hetero) is 2. The minimum atomic E-state index is -2.73. The molecule has 0 aliphatic heterocycles. The van der Waals surface area contributed by atoms with Crippen LogP contribution in [0.3, 0.4) is 0 Å². The minimum Gasteiger partial charge on any atom is -0.508 e. The van der Waals surface area contributed by atoms with Crippen LogP contribution in [0.5, 0.6) is 5.75 Å². The Kier molecular flexibility index (Phi) is 5.88. The average Bonchev–Trinajstić information content (AvgIpc) is 2.80. The highest BCUT2D eigenvalue weighted by Gasteiger charge is 2.72. The van der Waals surface area contributed by atoms with Crippen LogP contribution in [0.15, 0.2) is 47.2 Å². The number of hydrogen-bond acceptors (Lipinski definition) is 8. The first-order valence-corrected chi connectivity index (χ1v) is 13.1. The van der Waals surface area contributed by atoms with Gasteiger partial charge < -0.3 is 26.2 Å². The largest absolute Gasteiger partial charge is 0.508 e. The van der Waals surface area contributed by atoms with Crippen molar-refractivity contribution >= 4 is 23.2 Å². The number of rotatable bonds is 3. The van der Waals surface area contributed by atoms with Gasteiger partial charge in [0.2, 0.25) is 5.78 Å². The van der Waals surface area contributed by atoms with E-state index < -0.39 is 57.0 Å². The Hall–Kier alpha value is -3.95. The van der Waals surface area contributed by atoms with Crippen molar-refractivity contribution in [2.45, 2.75) is 52.2 Å². The molecule has 40 heavy (non-hydrogen) atoms. The van der Waals surface area contributed by atoms with Gasteiger partial charge in [-0.3, -0.25) is 19.3 Å². The first-order chi connectivity index (χ1) is 18.5. The number of aliphatic hydroxyl groups is 3. The Morgan fingerprint density at radius 2 is 1.62 bits per heavy atom. The van der Waals surface area contributed by atoms with Crippen molar-refractivity contribution in [1.82, 2.24) is 4.90 Å². The second-order valence-electron chi connectivity index (χ2n) is 12.3. The Morgan fingerprint density at radius 3 is 2.17 bits per heavy atom. The summed E-state index contributed by atoms with van der Waals surface area (Å²) in [6.45, 7) is 7.25. The minimum absolute atomic E-state index is 0.0201. The normalized spacial score (nSPS) is 29.9. The zero-order valence-electron chi connectivity index (χ0n) is 23.4. The number of nitrogens with zero attached hydrogens (tertiary/aromatic N) is 1. The molecule has 0 radical (unpaired) electrons. The number of aliphatic hydroxyl groups excluding tert-OH is 2. The van der Waals surface area contributed by atoms with Gasteiger partial charge in [-0.2, -0.15) is 0 Å². The molecule has 4 atom stereocenters. The van der Waals surface area contributed by atoms with Crippen LogP contribution in [0.1, 0.15) is 42.5 Å². The lowest BCUT2D eigenvalue weighted by Crippen LogP contribution is -2.72. The van der Waals surface area contributed by atoms with Gasteiger partial charge in [0.25, 0.3) is 5.91 Å². The average molecular weight is 547 g/mol. The number of primary amides is 1. The van der Waals surface area contributed by atoms with Crippen molar-refractivity contribution in [3.05, 3.63) is 69.5 Å². The third-order valence-electron chi connectivity index (χ3n) is 9.05. The van der Waals surface area contributed by atoms with Crippen molar-refractivity contribution in [3.8, 4) is 16.9 Å². The number of nitrogens with two attached hydrogens (primary N) is 1. The summed E-state index contributed by atoms with van der Waals surface area (Å²) in [4.78, 5) is 41.6. The lowest BCUT2D eigenvalue weighted by molar-refractivity contribution is -0.175. The van der Waals surface area contributed by atoms with Gasteiger partial charge in [0.15, 0.2) is 11.4 Å².